The van der Waals surface area contributed by atoms with E-state index in [1.165, 1.54) is 4.90 Å². The van der Waals surface area contributed by atoms with Crippen molar-refractivity contribution >= 4 is 23.7 Å². The molecule has 10 nitrogen and oxygen atoms in total. The molecule has 10 heteroatoms. The molecule has 0 heterocycles. The van der Waals surface area contributed by atoms with E-state index in [1.54, 1.807) is 0 Å². The predicted molar refractivity (Wildman–Crippen MR) is 131 cm³/mol. The Balaban J connectivity index is 5.68. The van der Waals surface area contributed by atoms with Gasteiger partial charge in [-0.3, -0.25) is 15.0 Å². The van der Waals surface area contributed by atoms with Gasteiger partial charge in [-0.05, 0) is 43.9 Å². The SMILES string of the molecule is CCCCCN(C(=O)[C@H](CC(C)C)NC(=O)[C@@H](N)CC(C)C)[C@@H](CCCNC(=N)N)C(=O)O. The fourth-order valence-electron chi connectivity index (χ4n) is 3.67. The molecule has 2 amide bonds. The second-order valence-electron chi connectivity index (χ2n) is 9.50. The third-order valence-corrected chi connectivity index (χ3v) is 5.30. The summed E-state index contributed by atoms with van der Waals surface area (Å²) in [7, 11) is 0. The molecule has 0 aliphatic carbocycles. The topological polar surface area (TPSA) is 175 Å². The van der Waals surface area contributed by atoms with Crippen LogP contribution in [0.4, 0.5) is 0 Å². The van der Waals surface area contributed by atoms with Crippen LogP contribution in [0.1, 0.15) is 79.6 Å². The van der Waals surface area contributed by atoms with Gasteiger partial charge in [0.25, 0.3) is 0 Å². The highest BCUT2D eigenvalue weighted by Crippen LogP contribution is 2.16. The maximum atomic E-state index is 13.6. The van der Waals surface area contributed by atoms with Gasteiger partial charge in [0.05, 0.1) is 6.04 Å². The highest BCUT2D eigenvalue weighted by atomic mass is 16.4. The number of hydrogen-bond donors (Lipinski definition) is 6. The Labute approximate surface area is 198 Å². The largest absolute Gasteiger partial charge is 0.480 e. The van der Waals surface area contributed by atoms with E-state index in [2.05, 4.69) is 10.6 Å². The lowest BCUT2D eigenvalue weighted by Crippen LogP contribution is -2.56. The van der Waals surface area contributed by atoms with Gasteiger partial charge in [0.1, 0.15) is 12.1 Å². The molecule has 192 valence electrons. The first-order chi connectivity index (χ1) is 15.4. The van der Waals surface area contributed by atoms with Crippen molar-refractivity contribution in [1.82, 2.24) is 15.5 Å². The van der Waals surface area contributed by atoms with Gasteiger partial charge >= 0.3 is 5.97 Å². The monoisotopic (exact) mass is 470 g/mol. The van der Waals surface area contributed by atoms with Crippen molar-refractivity contribution in [2.45, 2.75) is 97.7 Å². The number of carboxylic acid groups (broad SMARTS) is 1. The Bertz CT molecular complexity index is 626. The molecule has 0 saturated heterocycles. The van der Waals surface area contributed by atoms with Gasteiger partial charge in [-0.2, -0.15) is 0 Å². The molecular weight excluding hydrogens is 424 g/mol. The first kappa shape index (κ1) is 30.6. The lowest BCUT2D eigenvalue weighted by Gasteiger charge is -2.33. The molecule has 0 radical (unpaired) electrons. The van der Waals surface area contributed by atoms with Crippen LogP contribution in [0.25, 0.3) is 0 Å². The number of guanidine groups is 1. The highest BCUT2D eigenvalue weighted by molar-refractivity contribution is 5.91. The molecule has 8 N–H and O–H groups in total. The zero-order valence-electron chi connectivity index (χ0n) is 21.0. The predicted octanol–water partition coefficient (Wildman–Crippen LogP) is 1.63. The average Bonchev–Trinajstić information content (AvgIpc) is 2.69. The molecule has 0 rings (SSSR count). The Morgan fingerprint density at radius 1 is 1.03 bits per heavy atom. The quantitative estimate of drug-likeness (QED) is 0.106. The summed E-state index contributed by atoms with van der Waals surface area (Å²) >= 11 is 0. The number of nitrogens with zero attached hydrogens (tertiary/aromatic N) is 1. The summed E-state index contributed by atoms with van der Waals surface area (Å²) in [5.41, 5.74) is 11.3. The fraction of sp³-hybridized carbons (Fsp3) is 0.826. The fourth-order valence-corrected chi connectivity index (χ4v) is 3.67. The molecule has 0 aromatic carbocycles. The Morgan fingerprint density at radius 3 is 2.12 bits per heavy atom. The van der Waals surface area contributed by atoms with E-state index in [4.69, 9.17) is 16.9 Å². The number of nitrogens with one attached hydrogen (secondary N) is 3. The molecule has 0 unspecified atom stereocenters. The van der Waals surface area contributed by atoms with Crippen LogP contribution in [-0.4, -0.2) is 65.0 Å². The van der Waals surface area contributed by atoms with Gasteiger partial charge in [0.2, 0.25) is 11.8 Å². The third kappa shape index (κ3) is 13.1. The van der Waals surface area contributed by atoms with Gasteiger partial charge in [0, 0.05) is 13.1 Å². The Morgan fingerprint density at radius 2 is 1.64 bits per heavy atom. The molecular formula is C23H46N6O4. The number of amides is 2. The molecule has 33 heavy (non-hydrogen) atoms. The van der Waals surface area contributed by atoms with Gasteiger partial charge in [-0.1, -0.05) is 47.5 Å². The van der Waals surface area contributed by atoms with Crippen LogP contribution in [0.2, 0.25) is 0 Å². The number of unbranched alkanes of at least 4 members (excludes halogenated alkanes) is 2. The minimum atomic E-state index is -1.09. The Hall–Kier alpha value is -2.36. The van der Waals surface area contributed by atoms with Crippen LogP contribution in [0.3, 0.4) is 0 Å². The van der Waals surface area contributed by atoms with Crippen molar-refractivity contribution in [1.29, 1.82) is 5.41 Å². The van der Waals surface area contributed by atoms with E-state index >= 15 is 0 Å². The maximum Gasteiger partial charge on any atom is 0.326 e. The van der Waals surface area contributed by atoms with Gasteiger partial charge in [-0.25, -0.2) is 4.79 Å². The molecule has 0 aromatic rings. The molecule has 0 spiro atoms. The van der Waals surface area contributed by atoms with Crippen LogP contribution in [0.5, 0.6) is 0 Å². The summed E-state index contributed by atoms with van der Waals surface area (Å²) in [6, 6.07) is -2.59. The minimum Gasteiger partial charge on any atom is -0.480 e. The molecule has 0 fully saturated rings. The number of rotatable bonds is 17. The van der Waals surface area contributed by atoms with Crippen LogP contribution in [0.15, 0.2) is 0 Å². The second-order valence-corrected chi connectivity index (χ2v) is 9.50. The molecule has 0 aliphatic rings. The first-order valence-corrected chi connectivity index (χ1v) is 12.1. The van der Waals surface area contributed by atoms with Gasteiger partial charge in [-0.15, -0.1) is 0 Å². The van der Waals surface area contributed by atoms with Crippen molar-refractivity contribution < 1.29 is 19.5 Å². The van der Waals surface area contributed by atoms with Crippen molar-refractivity contribution in [3.8, 4) is 0 Å². The number of aliphatic carboxylic acids is 1. The van der Waals surface area contributed by atoms with Gasteiger partial charge in [0.15, 0.2) is 5.96 Å². The van der Waals surface area contributed by atoms with E-state index in [9.17, 15) is 19.5 Å². The number of carbonyl (C=O) groups excluding carboxylic acids is 2. The smallest absolute Gasteiger partial charge is 0.326 e. The van der Waals surface area contributed by atoms with E-state index in [0.29, 0.717) is 38.8 Å². The lowest BCUT2D eigenvalue weighted by molar-refractivity contribution is -0.152. The van der Waals surface area contributed by atoms with Crippen LogP contribution in [0, 0.1) is 17.2 Å². The number of hydrogen-bond acceptors (Lipinski definition) is 5. The summed E-state index contributed by atoms with van der Waals surface area (Å²) in [5, 5.41) is 22.6. The molecule has 0 aromatic heterocycles. The molecule has 0 bridgehead atoms. The van der Waals surface area contributed by atoms with E-state index in [0.717, 1.165) is 12.8 Å². The summed E-state index contributed by atoms with van der Waals surface area (Å²) in [6.07, 6.45) is 3.99. The number of nitrogens with two attached hydrogens (primary N) is 2. The van der Waals surface area contributed by atoms with E-state index < -0.39 is 35.9 Å². The average molecular weight is 471 g/mol. The van der Waals surface area contributed by atoms with Crippen molar-refractivity contribution in [2.75, 3.05) is 13.1 Å². The van der Waals surface area contributed by atoms with Crippen LogP contribution in [-0.2, 0) is 14.4 Å². The van der Waals surface area contributed by atoms with Crippen LogP contribution < -0.4 is 22.1 Å². The lowest BCUT2D eigenvalue weighted by atomic mass is 9.99. The summed E-state index contributed by atoms with van der Waals surface area (Å²) in [4.78, 5) is 39.8. The van der Waals surface area contributed by atoms with Gasteiger partial charge < -0.3 is 32.1 Å². The molecule has 0 saturated carbocycles. The summed E-state index contributed by atoms with van der Waals surface area (Å²) in [5.74, 6) is -1.72. The number of carboxylic acids is 1. The summed E-state index contributed by atoms with van der Waals surface area (Å²) < 4.78 is 0. The standard InChI is InChI=1S/C23H46N6O4/c1-6-7-8-12-29(19(22(32)33)10-9-11-27-23(25)26)21(31)18(14-16(4)5)28-20(30)17(24)13-15(2)3/h15-19H,6-14,24H2,1-5H3,(H,28,30)(H,32,33)(H4,25,26,27)/t17-,18-,19-/m0/s1. The van der Waals surface area contributed by atoms with E-state index in [1.807, 2.05) is 34.6 Å². The van der Waals surface area contributed by atoms with Crippen molar-refractivity contribution in [2.24, 2.45) is 23.3 Å². The van der Waals surface area contributed by atoms with E-state index in [-0.39, 0.29) is 24.2 Å². The zero-order chi connectivity index (χ0) is 25.6. The third-order valence-electron chi connectivity index (χ3n) is 5.30. The van der Waals surface area contributed by atoms with Crippen molar-refractivity contribution in [3.63, 3.8) is 0 Å². The van der Waals surface area contributed by atoms with Crippen LogP contribution >= 0.6 is 0 Å². The molecule has 3 atom stereocenters. The minimum absolute atomic E-state index is 0.112. The number of carbonyl (C=O) groups is 3. The Kier molecular flexibility index (Phi) is 15.1. The maximum absolute atomic E-state index is 13.6. The first-order valence-electron chi connectivity index (χ1n) is 12.1. The summed E-state index contributed by atoms with van der Waals surface area (Å²) in [6.45, 7) is 10.5. The second kappa shape index (κ2) is 16.3. The normalized spacial score (nSPS) is 13.9. The zero-order valence-corrected chi connectivity index (χ0v) is 21.0. The highest BCUT2D eigenvalue weighted by Gasteiger charge is 2.34. The molecule has 0 aliphatic heterocycles. The van der Waals surface area contributed by atoms with Crippen molar-refractivity contribution in [3.05, 3.63) is 0 Å².